The number of halogens is 3. The second-order valence-electron chi connectivity index (χ2n) is 5.83. The van der Waals surface area contributed by atoms with E-state index in [4.69, 9.17) is 0 Å². The minimum Gasteiger partial charge on any atom is -0.322 e. The number of hydrogen-bond donors (Lipinski definition) is 2. The van der Waals surface area contributed by atoms with E-state index in [1.807, 2.05) is 24.4 Å². The van der Waals surface area contributed by atoms with Gasteiger partial charge in [0.1, 0.15) is 5.00 Å². The van der Waals surface area contributed by atoms with Gasteiger partial charge in [-0.05, 0) is 43.9 Å². The summed E-state index contributed by atoms with van der Waals surface area (Å²) < 4.78 is 37.6. The average molecular weight is 368 g/mol. The topological polar surface area (TPSA) is 58.2 Å². The van der Waals surface area contributed by atoms with E-state index in [0.29, 0.717) is 18.5 Å². The third kappa shape index (κ3) is 3.68. The summed E-state index contributed by atoms with van der Waals surface area (Å²) in [5.41, 5.74) is 2.43. The molecule has 0 saturated heterocycles. The molecular weight excluding hydrogens is 353 g/mol. The maximum atomic E-state index is 12.6. The summed E-state index contributed by atoms with van der Waals surface area (Å²) in [5.74, 6) is -2.59. The van der Waals surface area contributed by atoms with Gasteiger partial charge in [0, 0.05) is 10.6 Å². The minimum absolute atomic E-state index is 0.0448. The quantitative estimate of drug-likeness (QED) is 0.849. The summed E-state index contributed by atoms with van der Waals surface area (Å²) in [7, 11) is 0. The summed E-state index contributed by atoms with van der Waals surface area (Å²) in [6.07, 6.45) is -2.84. The third-order valence-corrected chi connectivity index (χ3v) is 5.15. The maximum Gasteiger partial charge on any atom is 0.471 e. The van der Waals surface area contributed by atoms with Gasteiger partial charge < -0.3 is 10.6 Å². The van der Waals surface area contributed by atoms with E-state index >= 15 is 0 Å². The first-order valence-electron chi connectivity index (χ1n) is 7.66. The average Bonchev–Trinajstić information content (AvgIpc) is 3.08. The summed E-state index contributed by atoms with van der Waals surface area (Å²) in [6.45, 7) is 1.90. The number of rotatable bonds is 3. The predicted molar refractivity (Wildman–Crippen MR) is 90.2 cm³/mol. The summed E-state index contributed by atoms with van der Waals surface area (Å²) in [5, 5.41) is 4.49. The molecule has 8 heteroatoms. The summed E-state index contributed by atoms with van der Waals surface area (Å²) in [4.78, 5) is 24.8. The van der Waals surface area contributed by atoms with Crippen LogP contribution in [0, 0.1) is 6.92 Å². The highest BCUT2D eigenvalue weighted by Crippen LogP contribution is 2.40. The van der Waals surface area contributed by atoms with Crippen molar-refractivity contribution in [2.45, 2.75) is 32.4 Å². The maximum absolute atomic E-state index is 12.6. The Morgan fingerprint density at radius 2 is 1.76 bits per heavy atom. The van der Waals surface area contributed by atoms with Crippen LogP contribution in [0.1, 0.15) is 32.8 Å². The van der Waals surface area contributed by atoms with Crippen molar-refractivity contribution in [1.82, 2.24) is 0 Å². The van der Waals surface area contributed by atoms with E-state index in [1.54, 1.807) is 12.1 Å². The van der Waals surface area contributed by atoms with Crippen molar-refractivity contribution in [2.24, 2.45) is 0 Å². The van der Waals surface area contributed by atoms with E-state index in [2.05, 4.69) is 5.32 Å². The van der Waals surface area contributed by atoms with E-state index < -0.39 is 18.0 Å². The molecule has 0 bridgehead atoms. The standard InChI is InChI=1S/C17H15F3N2O2S/c1-9-5-7-10(8-6-9)21-14(23)13-11-3-2-4-12(11)25-15(13)22-16(24)17(18,19)20/h5-8H,2-4H2,1H3,(H,21,23)(H,22,24). The Morgan fingerprint density at radius 3 is 2.40 bits per heavy atom. The molecule has 1 aliphatic carbocycles. The summed E-state index contributed by atoms with van der Waals surface area (Å²) in [6, 6.07) is 7.07. The molecule has 2 N–H and O–H groups in total. The van der Waals surface area contributed by atoms with Crippen LogP contribution in [-0.2, 0) is 17.6 Å². The van der Waals surface area contributed by atoms with Crippen molar-refractivity contribution in [2.75, 3.05) is 10.6 Å². The molecule has 0 spiro atoms. The Bertz CT molecular complexity index is 826. The number of carbonyl (C=O) groups is 2. The molecule has 0 fully saturated rings. The van der Waals surface area contributed by atoms with Crippen LogP contribution in [-0.4, -0.2) is 18.0 Å². The van der Waals surface area contributed by atoms with Crippen LogP contribution in [0.4, 0.5) is 23.9 Å². The number of hydrogen-bond acceptors (Lipinski definition) is 3. The lowest BCUT2D eigenvalue weighted by molar-refractivity contribution is -0.167. The monoisotopic (exact) mass is 368 g/mol. The minimum atomic E-state index is -5.00. The fraction of sp³-hybridized carbons (Fsp3) is 0.294. The Labute approximate surface area is 146 Å². The molecule has 0 atom stereocenters. The first kappa shape index (κ1) is 17.5. The number of anilines is 2. The molecule has 4 nitrogen and oxygen atoms in total. The number of amides is 2. The van der Waals surface area contributed by atoms with Crippen molar-refractivity contribution >= 4 is 33.8 Å². The molecule has 0 saturated carbocycles. The van der Waals surface area contributed by atoms with Gasteiger partial charge in [-0.25, -0.2) is 0 Å². The van der Waals surface area contributed by atoms with Crippen molar-refractivity contribution in [3.05, 3.63) is 45.8 Å². The Hall–Kier alpha value is -2.35. The van der Waals surface area contributed by atoms with E-state index in [0.717, 1.165) is 33.8 Å². The fourth-order valence-corrected chi connectivity index (χ4v) is 4.02. The predicted octanol–water partition coefficient (Wildman–Crippen LogP) is 4.30. The molecule has 1 aliphatic rings. The van der Waals surface area contributed by atoms with Gasteiger partial charge >= 0.3 is 12.1 Å². The summed E-state index contributed by atoms with van der Waals surface area (Å²) >= 11 is 1.04. The number of carbonyl (C=O) groups excluding carboxylic acids is 2. The highest BCUT2D eigenvalue weighted by atomic mass is 32.1. The number of thiophene rings is 1. The van der Waals surface area contributed by atoms with Gasteiger partial charge in [0.2, 0.25) is 0 Å². The van der Waals surface area contributed by atoms with E-state index in [-0.39, 0.29) is 10.6 Å². The van der Waals surface area contributed by atoms with Gasteiger partial charge in [0.25, 0.3) is 5.91 Å². The Balaban J connectivity index is 1.90. The lowest BCUT2D eigenvalue weighted by Gasteiger charge is -2.11. The molecule has 1 heterocycles. The lowest BCUT2D eigenvalue weighted by Crippen LogP contribution is -2.30. The number of fused-ring (bicyclic) bond motifs is 1. The second-order valence-corrected chi connectivity index (χ2v) is 6.94. The van der Waals surface area contributed by atoms with Crippen LogP contribution in [0.2, 0.25) is 0 Å². The molecule has 2 aromatic rings. The first-order valence-corrected chi connectivity index (χ1v) is 8.48. The SMILES string of the molecule is Cc1ccc(NC(=O)c2c(NC(=O)C(F)(F)F)sc3c2CCC3)cc1. The third-order valence-electron chi connectivity index (χ3n) is 3.94. The number of benzene rings is 1. The molecule has 0 radical (unpaired) electrons. The molecule has 1 aromatic heterocycles. The lowest BCUT2D eigenvalue weighted by atomic mass is 10.1. The largest absolute Gasteiger partial charge is 0.471 e. The molecule has 1 aromatic carbocycles. The number of aryl methyl sites for hydroxylation is 2. The van der Waals surface area contributed by atoms with Crippen molar-refractivity contribution in [1.29, 1.82) is 0 Å². The van der Waals surface area contributed by atoms with Gasteiger partial charge in [0.05, 0.1) is 5.56 Å². The molecule has 25 heavy (non-hydrogen) atoms. The van der Waals surface area contributed by atoms with Gasteiger partial charge in [-0.3, -0.25) is 9.59 Å². The Morgan fingerprint density at radius 1 is 1.08 bits per heavy atom. The second kappa shape index (κ2) is 6.51. The zero-order valence-corrected chi connectivity index (χ0v) is 14.1. The van der Waals surface area contributed by atoms with Crippen molar-refractivity contribution in [3.8, 4) is 0 Å². The highest BCUT2D eigenvalue weighted by molar-refractivity contribution is 7.17. The van der Waals surface area contributed by atoms with Crippen molar-refractivity contribution < 1.29 is 22.8 Å². The van der Waals surface area contributed by atoms with Gasteiger partial charge in [-0.1, -0.05) is 17.7 Å². The van der Waals surface area contributed by atoms with E-state index in [9.17, 15) is 22.8 Å². The molecule has 2 amide bonds. The van der Waals surface area contributed by atoms with Crippen molar-refractivity contribution in [3.63, 3.8) is 0 Å². The fourth-order valence-electron chi connectivity index (χ4n) is 2.74. The highest BCUT2D eigenvalue weighted by Gasteiger charge is 2.40. The Kier molecular flexibility index (Phi) is 4.55. The zero-order valence-electron chi connectivity index (χ0n) is 13.3. The van der Waals surface area contributed by atoms with Crippen LogP contribution in [0.15, 0.2) is 24.3 Å². The molecule has 3 rings (SSSR count). The van der Waals surface area contributed by atoms with Gasteiger partial charge in [0.15, 0.2) is 0 Å². The number of nitrogens with one attached hydrogen (secondary N) is 2. The van der Waals surface area contributed by atoms with Gasteiger partial charge in [-0.2, -0.15) is 13.2 Å². The molecule has 132 valence electrons. The molecular formula is C17H15F3N2O2S. The van der Waals surface area contributed by atoms with Crippen LogP contribution in [0.3, 0.4) is 0 Å². The van der Waals surface area contributed by atoms with Crippen LogP contribution in [0.5, 0.6) is 0 Å². The van der Waals surface area contributed by atoms with E-state index in [1.165, 1.54) is 0 Å². The molecule has 0 unspecified atom stereocenters. The van der Waals surface area contributed by atoms with Crippen LogP contribution < -0.4 is 10.6 Å². The normalized spacial score (nSPS) is 13.4. The first-order chi connectivity index (χ1) is 11.8. The van der Waals surface area contributed by atoms with Crippen LogP contribution >= 0.6 is 11.3 Å². The molecule has 0 aliphatic heterocycles. The van der Waals surface area contributed by atoms with Gasteiger partial charge in [-0.15, -0.1) is 11.3 Å². The smallest absolute Gasteiger partial charge is 0.322 e. The zero-order chi connectivity index (χ0) is 18.2. The van der Waals surface area contributed by atoms with Crippen LogP contribution in [0.25, 0.3) is 0 Å². The number of alkyl halides is 3.